The Labute approximate surface area is 113 Å². The highest BCUT2D eigenvalue weighted by Gasteiger charge is 2.16. The molecule has 0 aliphatic rings. The van der Waals surface area contributed by atoms with Gasteiger partial charge in [-0.1, -0.05) is 60.4 Å². The van der Waals surface area contributed by atoms with Gasteiger partial charge in [-0.05, 0) is 41.9 Å². The Morgan fingerprint density at radius 3 is 2.50 bits per heavy atom. The van der Waals surface area contributed by atoms with Crippen molar-refractivity contribution in [2.45, 2.75) is 39.5 Å². The summed E-state index contributed by atoms with van der Waals surface area (Å²) in [6, 6.07) is 8.21. The maximum Gasteiger partial charge on any atom is 0.0408 e. The van der Waals surface area contributed by atoms with E-state index in [2.05, 4.69) is 48.8 Å². The number of alkyl halides is 1. The van der Waals surface area contributed by atoms with E-state index in [4.69, 9.17) is 11.6 Å². The lowest BCUT2D eigenvalue weighted by Crippen LogP contribution is -2.09. The highest BCUT2D eigenvalue weighted by atomic mass is 79.9. The molecule has 90 valence electrons. The largest absolute Gasteiger partial charge is 0.0921 e. The first-order valence-corrected chi connectivity index (χ1v) is 7.24. The van der Waals surface area contributed by atoms with Crippen LogP contribution < -0.4 is 0 Å². The van der Waals surface area contributed by atoms with E-state index in [9.17, 15) is 0 Å². The molecule has 0 radical (unpaired) electrons. The van der Waals surface area contributed by atoms with Gasteiger partial charge in [0.15, 0.2) is 0 Å². The molecule has 1 aromatic carbocycles. The zero-order valence-corrected chi connectivity index (χ0v) is 12.6. The molecule has 0 saturated carbocycles. The molecule has 0 nitrogen and oxygen atoms in total. The Balaban J connectivity index is 2.68. The van der Waals surface area contributed by atoms with Gasteiger partial charge in [-0.2, -0.15) is 0 Å². The molecule has 1 unspecified atom stereocenters. The van der Waals surface area contributed by atoms with Crippen molar-refractivity contribution < 1.29 is 0 Å². The SMILES string of the molecule is CC(C)(C)CCC(CBr)c1cccc(Cl)c1. The molecule has 16 heavy (non-hydrogen) atoms. The second-order valence-corrected chi connectivity index (χ2v) is 6.59. The summed E-state index contributed by atoms with van der Waals surface area (Å²) in [7, 11) is 0. The normalized spacial score (nSPS) is 13.8. The quantitative estimate of drug-likeness (QED) is 0.631. The number of hydrogen-bond donors (Lipinski definition) is 0. The lowest BCUT2D eigenvalue weighted by Gasteiger charge is -2.22. The summed E-state index contributed by atoms with van der Waals surface area (Å²) in [6.45, 7) is 6.86. The molecule has 0 fully saturated rings. The maximum absolute atomic E-state index is 6.02. The van der Waals surface area contributed by atoms with Gasteiger partial charge in [-0.15, -0.1) is 0 Å². The zero-order valence-electron chi connectivity index (χ0n) is 10.3. The Morgan fingerprint density at radius 2 is 2.00 bits per heavy atom. The van der Waals surface area contributed by atoms with Crippen LogP contribution in [-0.4, -0.2) is 5.33 Å². The standard InChI is InChI=1S/C14H20BrCl/c1-14(2,3)8-7-12(10-15)11-5-4-6-13(16)9-11/h4-6,9,12H,7-8,10H2,1-3H3. The van der Waals surface area contributed by atoms with Crippen molar-refractivity contribution in [1.82, 2.24) is 0 Å². The smallest absolute Gasteiger partial charge is 0.0408 e. The first kappa shape index (κ1) is 14.1. The van der Waals surface area contributed by atoms with Gasteiger partial charge in [-0.25, -0.2) is 0 Å². The summed E-state index contributed by atoms with van der Waals surface area (Å²) < 4.78 is 0. The van der Waals surface area contributed by atoms with Gasteiger partial charge in [0, 0.05) is 10.4 Å². The molecule has 0 bridgehead atoms. The minimum absolute atomic E-state index is 0.402. The van der Waals surface area contributed by atoms with Crippen molar-refractivity contribution in [1.29, 1.82) is 0 Å². The van der Waals surface area contributed by atoms with E-state index < -0.39 is 0 Å². The summed E-state index contributed by atoms with van der Waals surface area (Å²) in [6.07, 6.45) is 2.44. The number of benzene rings is 1. The molecule has 0 heterocycles. The molecule has 0 aliphatic carbocycles. The Hall–Kier alpha value is -0.0100. The van der Waals surface area contributed by atoms with E-state index in [-0.39, 0.29) is 0 Å². The van der Waals surface area contributed by atoms with E-state index in [0.29, 0.717) is 11.3 Å². The van der Waals surface area contributed by atoms with Crippen LogP contribution >= 0.6 is 27.5 Å². The van der Waals surface area contributed by atoms with Crippen LogP contribution in [-0.2, 0) is 0 Å². The van der Waals surface area contributed by atoms with Crippen LogP contribution in [0.5, 0.6) is 0 Å². The lowest BCUT2D eigenvalue weighted by atomic mass is 9.85. The minimum atomic E-state index is 0.402. The van der Waals surface area contributed by atoms with Gasteiger partial charge < -0.3 is 0 Å². The second kappa shape index (κ2) is 6.07. The van der Waals surface area contributed by atoms with Gasteiger partial charge in [-0.3, -0.25) is 0 Å². The molecule has 0 aromatic heterocycles. The van der Waals surface area contributed by atoms with Crippen molar-refractivity contribution in [2.75, 3.05) is 5.33 Å². The molecule has 0 amide bonds. The van der Waals surface area contributed by atoms with Crippen LogP contribution in [0.2, 0.25) is 5.02 Å². The van der Waals surface area contributed by atoms with E-state index in [1.54, 1.807) is 0 Å². The van der Waals surface area contributed by atoms with Gasteiger partial charge >= 0.3 is 0 Å². The van der Waals surface area contributed by atoms with Crippen LogP contribution in [0.4, 0.5) is 0 Å². The average Bonchev–Trinajstić information content (AvgIpc) is 2.17. The molecule has 0 saturated heterocycles. The number of hydrogen-bond acceptors (Lipinski definition) is 0. The predicted octanol–water partition coefficient (Wildman–Crippen LogP) is 5.64. The summed E-state index contributed by atoms with van der Waals surface area (Å²) in [5.41, 5.74) is 1.74. The maximum atomic E-state index is 6.02. The summed E-state index contributed by atoms with van der Waals surface area (Å²) in [5.74, 6) is 0.568. The van der Waals surface area contributed by atoms with Crippen molar-refractivity contribution in [3.05, 3.63) is 34.9 Å². The molecule has 0 N–H and O–H groups in total. The van der Waals surface area contributed by atoms with Crippen molar-refractivity contribution in [2.24, 2.45) is 5.41 Å². The zero-order chi connectivity index (χ0) is 12.2. The van der Waals surface area contributed by atoms with Gasteiger partial charge in [0.25, 0.3) is 0 Å². The summed E-state index contributed by atoms with van der Waals surface area (Å²) >= 11 is 9.62. The van der Waals surface area contributed by atoms with Crippen LogP contribution in [0, 0.1) is 5.41 Å². The number of rotatable bonds is 4. The summed E-state index contributed by atoms with van der Waals surface area (Å²) in [5, 5.41) is 1.84. The third-order valence-electron chi connectivity index (χ3n) is 2.75. The van der Waals surface area contributed by atoms with Crippen molar-refractivity contribution >= 4 is 27.5 Å². The fraction of sp³-hybridized carbons (Fsp3) is 0.571. The van der Waals surface area contributed by atoms with E-state index in [0.717, 1.165) is 10.4 Å². The molecule has 2 heteroatoms. The average molecular weight is 304 g/mol. The predicted molar refractivity (Wildman–Crippen MR) is 76.7 cm³/mol. The molecule has 0 spiro atoms. The molecular weight excluding hydrogens is 284 g/mol. The third kappa shape index (κ3) is 4.88. The molecular formula is C14H20BrCl. The van der Waals surface area contributed by atoms with Crippen molar-refractivity contribution in [3.8, 4) is 0 Å². The first-order chi connectivity index (χ1) is 7.42. The lowest BCUT2D eigenvalue weighted by molar-refractivity contribution is 0.354. The fourth-order valence-corrected chi connectivity index (χ4v) is 2.60. The van der Waals surface area contributed by atoms with E-state index >= 15 is 0 Å². The van der Waals surface area contributed by atoms with Crippen LogP contribution in [0.25, 0.3) is 0 Å². The molecule has 0 aliphatic heterocycles. The highest BCUT2D eigenvalue weighted by Crippen LogP contribution is 2.31. The monoisotopic (exact) mass is 302 g/mol. The third-order valence-corrected chi connectivity index (χ3v) is 3.77. The Bertz CT molecular complexity index is 328. The topological polar surface area (TPSA) is 0 Å². The Morgan fingerprint density at radius 1 is 1.31 bits per heavy atom. The van der Waals surface area contributed by atoms with E-state index in [1.807, 2.05) is 12.1 Å². The molecule has 1 atom stereocenters. The van der Waals surface area contributed by atoms with Gasteiger partial charge in [0.05, 0.1) is 0 Å². The van der Waals surface area contributed by atoms with Crippen LogP contribution in [0.15, 0.2) is 24.3 Å². The van der Waals surface area contributed by atoms with Crippen LogP contribution in [0.3, 0.4) is 0 Å². The molecule has 1 aromatic rings. The minimum Gasteiger partial charge on any atom is -0.0921 e. The summed E-state index contributed by atoms with van der Waals surface area (Å²) in [4.78, 5) is 0. The van der Waals surface area contributed by atoms with Gasteiger partial charge in [0.2, 0.25) is 0 Å². The second-order valence-electron chi connectivity index (χ2n) is 5.51. The van der Waals surface area contributed by atoms with E-state index in [1.165, 1.54) is 18.4 Å². The Kier molecular flexibility index (Phi) is 5.33. The van der Waals surface area contributed by atoms with Crippen molar-refractivity contribution in [3.63, 3.8) is 0 Å². The van der Waals surface area contributed by atoms with Crippen LogP contribution in [0.1, 0.15) is 45.1 Å². The fourth-order valence-electron chi connectivity index (χ4n) is 1.70. The highest BCUT2D eigenvalue weighted by molar-refractivity contribution is 9.09. The van der Waals surface area contributed by atoms with Gasteiger partial charge in [0.1, 0.15) is 0 Å². The number of halogens is 2. The first-order valence-electron chi connectivity index (χ1n) is 5.74. The molecule has 1 rings (SSSR count).